The molecule has 1 atom stereocenters. The Labute approximate surface area is 122 Å². The first-order valence-corrected chi connectivity index (χ1v) is 8.03. The molecule has 1 saturated carbocycles. The smallest absolute Gasteiger partial charge is 0.168 e. The number of ether oxygens (including phenoxy) is 2. The van der Waals surface area contributed by atoms with E-state index >= 15 is 0 Å². The lowest BCUT2D eigenvalue weighted by molar-refractivity contribution is -0.159. The van der Waals surface area contributed by atoms with Crippen LogP contribution in [0.25, 0.3) is 0 Å². The van der Waals surface area contributed by atoms with Crippen LogP contribution < -0.4 is 5.73 Å². The number of thioether (sulfide) groups is 1. The summed E-state index contributed by atoms with van der Waals surface area (Å²) in [6.45, 7) is 0.695. The number of rotatable bonds is 3. The van der Waals surface area contributed by atoms with Gasteiger partial charge in [-0.15, -0.1) is 11.8 Å². The number of halogens is 1. The van der Waals surface area contributed by atoms with Gasteiger partial charge >= 0.3 is 0 Å². The third kappa shape index (κ3) is 3.02. The Bertz CT molecular complexity index is 463. The first-order chi connectivity index (χ1) is 9.17. The molecule has 0 radical (unpaired) electrons. The number of hydrogen-bond acceptors (Lipinski definition) is 4. The average molecular weight is 300 g/mol. The van der Waals surface area contributed by atoms with Crippen molar-refractivity contribution in [3.05, 3.63) is 23.2 Å². The quantitative estimate of drug-likeness (QED) is 0.683. The third-order valence-electron chi connectivity index (χ3n) is 3.68. The standard InChI is InChI=1S/C14H18ClNO2S/c15-10-3-4-13(12(16)7-10)19-9-11-8-17-14(18-11)5-1-2-6-14/h3-4,7,11H,1-2,5-6,8-9,16H2. The van der Waals surface area contributed by atoms with Crippen molar-refractivity contribution in [1.82, 2.24) is 0 Å². The SMILES string of the molecule is Nc1cc(Cl)ccc1SCC1COC2(CCCC2)O1. The van der Waals surface area contributed by atoms with Crippen molar-refractivity contribution < 1.29 is 9.47 Å². The number of hydrogen-bond donors (Lipinski definition) is 1. The monoisotopic (exact) mass is 299 g/mol. The topological polar surface area (TPSA) is 44.5 Å². The van der Waals surface area contributed by atoms with Crippen molar-refractivity contribution in [2.45, 2.75) is 42.5 Å². The van der Waals surface area contributed by atoms with Crippen LogP contribution in [0.3, 0.4) is 0 Å². The van der Waals surface area contributed by atoms with Crippen LogP contribution in [0.15, 0.2) is 23.1 Å². The number of nitrogens with two attached hydrogens (primary N) is 1. The van der Waals surface area contributed by atoms with Gasteiger partial charge in [0.2, 0.25) is 0 Å². The Kier molecular flexibility index (Phi) is 3.94. The highest BCUT2D eigenvalue weighted by Gasteiger charge is 2.43. The fraction of sp³-hybridized carbons (Fsp3) is 0.571. The summed E-state index contributed by atoms with van der Waals surface area (Å²) in [6, 6.07) is 5.61. The zero-order valence-corrected chi connectivity index (χ0v) is 12.3. The maximum Gasteiger partial charge on any atom is 0.168 e. The summed E-state index contributed by atoms with van der Waals surface area (Å²) in [4.78, 5) is 1.06. The van der Waals surface area contributed by atoms with E-state index in [2.05, 4.69) is 0 Å². The summed E-state index contributed by atoms with van der Waals surface area (Å²) < 4.78 is 11.9. The molecule has 104 valence electrons. The maximum absolute atomic E-state index is 6.09. The highest BCUT2D eigenvalue weighted by atomic mass is 35.5. The predicted molar refractivity (Wildman–Crippen MR) is 78.6 cm³/mol. The van der Waals surface area contributed by atoms with Crippen LogP contribution in [0, 0.1) is 0 Å². The van der Waals surface area contributed by atoms with Gasteiger partial charge in [-0.3, -0.25) is 0 Å². The van der Waals surface area contributed by atoms with Crippen molar-refractivity contribution in [1.29, 1.82) is 0 Å². The molecule has 1 saturated heterocycles. The first kappa shape index (κ1) is 13.6. The van der Waals surface area contributed by atoms with Gasteiger partial charge in [0.25, 0.3) is 0 Å². The molecule has 0 amide bonds. The zero-order valence-electron chi connectivity index (χ0n) is 10.7. The van der Waals surface area contributed by atoms with Crippen molar-refractivity contribution in [3.8, 4) is 0 Å². The molecule has 1 aromatic rings. The second-order valence-electron chi connectivity index (χ2n) is 5.16. The van der Waals surface area contributed by atoms with E-state index in [4.69, 9.17) is 26.8 Å². The molecule has 3 nitrogen and oxygen atoms in total. The van der Waals surface area contributed by atoms with Crippen molar-refractivity contribution in [2.24, 2.45) is 0 Å². The van der Waals surface area contributed by atoms with Crippen molar-refractivity contribution >= 4 is 29.1 Å². The molecule has 2 fully saturated rings. The molecule has 2 aliphatic rings. The third-order valence-corrected chi connectivity index (χ3v) is 5.13. The minimum Gasteiger partial charge on any atom is -0.398 e. The number of nitrogen functional groups attached to an aromatic ring is 1. The predicted octanol–water partition coefficient (Wildman–Crippen LogP) is 3.70. The van der Waals surface area contributed by atoms with E-state index in [-0.39, 0.29) is 11.9 Å². The molecule has 0 bridgehead atoms. The summed E-state index contributed by atoms with van der Waals surface area (Å²) in [6.07, 6.45) is 4.67. The van der Waals surface area contributed by atoms with Crippen LogP contribution >= 0.6 is 23.4 Å². The van der Waals surface area contributed by atoms with Gasteiger partial charge in [0.15, 0.2) is 5.79 Å². The Morgan fingerprint density at radius 1 is 1.37 bits per heavy atom. The fourth-order valence-corrected chi connectivity index (χ4v) is 3.81. The van der Waals surface area contributed by atoms with Gasteiger partial charge in [0.1, 0.15) is 0 Å². The summed E-state index contributed by atoms with van der Waals surface area (Å²) in [5, 5.41) is 0.673. The normalized spacial score (nSPS) is 25.2. The summed E-state index contributed by atoms with van der Waals surface area (Å²) in [7, 11) is 0. The van der Waals surface area contributed by atoms with Gasteiger partial charge in [-0.1, -0.05) is 11.6 Å². The Morgan fingerprint density at radius 2 is 2.16 bits per heavy atom. The van der Waals surface area contributed by atoms with Gasteiger partial charge < -0.3 is 15.2 Å². The molecule has 1 spiro atoms. The van der Waals surface area contributed by atoms with Crippen LogP contribution in [0.5, 0.6) is 0 Å². The van der Waals surface area contributed by atoms with Gasteiger partial charge in [-0.05, 0) is 31.0 Å². The molecule has 0 aromatic heterocycles. The van der Waals surface area contributed by atoms with Crippen LogP contribution in [-0.2, 0) is 9.47 Å². The van der Waals surface area contributed by atoms with E-state index in [1.807, 2.05) is 12.1 Å². The molecule has 1 heterocycles. The van der Waals surface area contributed by atoms with E-state index in [1.54, 1.807) is 17.8 Å². The molecule has 1 aromatic carbocycles. The highest BCUT2D eigenvalue weighted by Crippen LogP contribution is 2.40. The van der Waals surface area contributed by atoms with Crippen molar-refractivity contribution in [2.75, 3.05) is 18.1 Å². The largest absolute Gasteiger partial charge is 0.398 e. The minimum absolute atomic E-state index is 0.165. The molecule has 19 heavy (non-hydrogen) atoms. The molecule has 1 unspecified atom stereocenters. The van der Waals surface area contributed by atoms with Crippen LogP contribution in [0.2, 0.25) is 5.02 Å². The van der Waals surface area contributed by atoms with Crippen LogP contribution in [0.1, 0.15) is 25.7 Å². The lowest BCUT2D eigenvalue weighted by Gasteiger charge is -2.21. The molecule has 1 aliphatic carbocycles. The second kappa shape index (κ2) is 5.52. The van der Waals surface area contributed by atoms with Crippen molar-refractivity contribution in [3.63, 3.8) is 0 Å². The van der Waals surface area contributed by atoms with E-state index in [0.717, 1.165) is 29.2 Å². The van der Waals surface area contributed by atoms with Gasteiger partial charge in [0.05, 0.1) is 12.7 Å². The number of benzene rings is 1. The Balaban J connectivity index is 1.55. The van der Waals surface area contributed by atoms with Crippen LogP contribution in [0.4, 0.5) is 5.69 Å². The summed E-state index contributed by atoms with van der Waals surface area (Å²) in [5.74, 6) is 0.602. The van der Waals surface area contributed by atoms with Crippen LogP contribution in [-0.4, -0.2) is 24.3 Å². The maximum atomic E-state index is 6.09. The first-order valence-electron chi connectivity index (χ1n) is 6.66. The van der Waals surface area contributed by atoms with Gasteiger partial charge in [0, 0.05) is 34.2 Å². The lowest BCUT2D eigenvalue weighted by atomic mass is 10.2. The molecular formula is C14H18ClNO2S. The van der Waals surface area contributed by atoms with E-state index in [0.29, 0.717) is 11.6 Å². The molecular weight excluding hydrogens is 282 g/mol. The second-order valence-corrected chi connectivity index (χ2v) is 6.66. The van der Waals surface area contributed by atoms with E-state index in [9.17, 15) is 0 Å². The molecule has 3 rings (SSSR count). The minimum atomic E-state index is -0.267. The summed E-state index contributed by atoms with van der Waals surface area (Å²) in [5.41, 5.74) is 6.67. The summed E-state index contributed by atoms with van der Waals surface area (Å²) >= 11 is 7.60. The molecule has 5 heteroatoms. The molecule has 1 aliphatic heterocycles. The van der Waals surface area contributed by atoms with E-state index < -0.39 is 0 Å². The zero-order chi connectivity index (χ0) is 13.3. The average Bonchev–Trinajstić information content (AvgIpc) is 2.99. The molecule has 2 N–H and O–H groups in total. The Hall–Kier alpha value is -0.420. The number of anilines is 1. The Morgan fingerprint density at radius 3 is 2.89 bits per heavy atom. The highest BCUT2D eigenvalue weighted by molar-refractivity contribution is 7.99. The lowest BCUT2D eigenvalue weighted by Crippen LogP contribution is -2.27. The van der Waals surface area contributed by atoms with E-state index in [1.165, 1.54) is 12.8 Å². The van der Waals surface area contributed by atoms with Gasteiger partial charge in [-0.25, -0.2) is 0 Å². The fourth-order valence-electron chi connectivity index (χ4n) is 2.71. The van der Waals surface area contributed by atoms with Gasteiger partial charge in [-0.2, -0.15) is 0 Å².